The van der Waals surface area contributed by atoms with Crippen LogP contribution in [0.25, 0.3) is 0 Å². The molecule has 3 aliphatic rings. The van der Waals surface area contributed by atoms with E-state index in [1.54, 1.807) is 26.4 Å². The average Bonchev–Trinajstić information content (AvgIpc) is 3.40. The molecule has 2 aliphatic heterocycles. The molecule has 2 atom stereocenters. The van der Waals surface area contributed by atoms with Crippen LogP contribution in [0.2, 0.25) is 0 Å². The van der Waals surface area contributed by atoms with Crippen LogP contribution < -0.4 is 14.4 Å². The van der Waals surface area contributed by atoms with Gasteiger partial charge in [-0.25, -0.2) is 8.42 Å². The van der Waals surface area contributed by atoms with E-state index in [-0.39, 0.29) is 28.7 Å². The monoisotopic (exact) mass is 452 g/mol. The standard InChI is InChI=1S/C21H28N2O5S2/c1-27-15-8-9-16(18(11-15)28-2)23-17-12-30(25,26)13-19(17)29-21(23)22-20(24)10-7-14-5-3-4-6-14/h8-9,11,14,17,19H,3-7,10,12-13H2,1-2H3. The van der Waals surface area contributed by atoms with Gasteiger partial charge >= 0.3 is 0 Å². The molecule has 3 fully saturated rings. The molecule has 0 N–H and O–H groups in total. The maximum Gasteiger partial charge on any atom is 0.248 e. The SMILES string of the molecule is COc1ccc(N2C(=NC(=O)CCC3CCCC3)SC3CS(=O)(=O)CC32)c(OC)c1. The lowest BCUT2D eigenvalue weighted by Crippen LogP contribution is -2.38. The van der Waals surface area contributed by atoms with Crippen LogP contribution in [0, 0.1) is 5.92 Å². The van der Waals surface area contributed by atoms with E-state index in [1.165, 1.54) is 37.4 Å². The maximum atomic E-state index is 12.6. The Morgan fingerprint density at radius 1 is 1.20 bits per heavy atom. The second kappa shape index (κ2) is 8.78. The number of benzene rings is 1. The van der Waals surface area contributed by atoms with Crippen molar-refractivity contribution in [3.63, 3.8) is 0 Å². The quantitative estimate of drug-likeness (QED) is 0.655. The van der Waals surface area contributed by atoms with E-state index in [0.29, 0.717) is 34.7 Å². The summed E-state index contributed by atoms with van der Waals surface area (Å²) in [5.74, 6) is 1.86. The first-order valence-electron chi connectivity index (χ1n) is 10.4. The minimum absolute atomic E-state index is 0.0507. The molecule has 7 nitrogen and oxygen atoms in total. The van der Waals surface area contributed by atoms with E-state index in [4.69, 9.17) is 9.47 Å². The van der Waals surface area contributed by atoms with Gasteiger partial charge in [0.05, 0.1) is 37.5 Å². The van der Waals surface area contributed by atoms with Gasteiger partial charge in [-0.3, -0.25) is 4.79 Å². The molecule has 0 radical (unpaired) electrons. The lowest BCUT2D eigenvalue weighted by molar-refractivity contribution is -0.118. The summed E-state index contributed by atoms with van der Waals surface area (Å²) >= 11 is 1.39. The molecule has 1 amide bonds. The number of carbonyl (C=O) groups is 1. The van der Waals surface area contributed by atoms with Gasteiger partial charge in [0.2, 0.25) is 5.91 Å². The van der Waals surface area contributed by atoms with Crippen LogP contribution in [0.5, 0.6) is 11.5 Å². The third kappa shape index (κ3) is 4.46. The number of hydrogen-bond donors (Lipinski definition) is 0. The van der Waals surface area contributed by atoms with Gasteiger partial charge in [-0.2, -0.15) is 4.99 Å². The fraction of sp³-hybridized carbons (Fsp3) is 0.619. The van der Waals surface area contributed by atoms with Crippen molar-refractivity contribution in [3.8, 4) is 11.5 Å². The summed E-state index contributed by atoms with van der Waals surface area (Å²) in [7, 11) is 0.0225. The molecule has 4 rings (SSSR count). The molecule has 0 spiro atoms. The van der Waals surface area contributed by atoms with Crippen molar-refractivity contribution in [2.75, 3.05) is 30.6 Å². The van der Waals surface area contributed by atoms with Crippen LogP contribution in [0.3, 0.4) is 0 Å². The van der Waals surface area contributed by atoms with Gasteiger partial charge in [0.1, 0.15) is 11.5 Å². The Morgan fingerprint density at radius 2 is 1.97 bits per heavy atom. The zero-order valence-electron chi connectivity index (χ0n) is 17.4. The highest BCUT2D eigenvalue weighted by Crippen LogP contribution is 2.44. The predicted molar refractivity (Wildman–Crippen MR) is 119 cm³/mol. The molecule has 2 heterocycles. The highest BCUT2D eigenvalue weighted by molar-refractivity contribution is 8.16. The molecule has 1 saturated carbocycles. The van der Waals surface area contributed by atoms with Gasteiger partial charge in [-0.1, -0.05) is 37.4 Å². The highest BCUT2D eigenvalue weighted by Gasteiger charge is 2.50. The molecule has 2 unspecified atom stereocenters. The summed E-state index contributed by atoms with van der Waals surface area (Å²) < 4.78 is 35.3. The van der Waals surface area contributed by atoms with Crippen molar-refractivity contribution in [1.29, 1.82) is 0 Å². The number of methoxy groups -OCH3 is 2. The first kappa shape index (κ1) is 21.5. The van der Waals surface area contributed by atoms with Gasteiger partial charge in [0, 0.05) is 17.7 Å². The normalized spacial score (nSPS) is 26.9. The summed E-state index contributed by atoms with van der Waals surface area (Å²) in [5.41, 5.74) is 0.706. The van der Waals surface area contributed by atoms with Gasteiger partial charge < -0.3 is 14.4 Å². The van der Waals surface area contributed by atoms with E-state index in [9.17, 15) is 13.2 Å². The molecular weight excluding hydrogens is 424 g/mol. The Bertz CT molecular complexity index is 941. The smallest absolute Gasteiger partial charge is 0.248 e. The van der Waals surface area contributed by atoms with Crippen LogP contribution in [-0.4, -0.2) is 56.5 Å². The third-order valence-electron chi connectivity index (χ3n) is 6.17. The lowest BCUT2D eigenvalue weighted by atomic mass is 10.0. The number of hydrogen-bond acceptors (Lipinski definition) is 6. The van der Waals surface area contributed by atoms with Gasteiger partial charge in [-0.05, 0) is 24.5 Å². The van der Waals surface area contributed by atoms with E-state index >= 15 is 0 Å². The molecule has 1 aromatic carbocycles. The van der Waals surface area contributed by atoms with Crippen LogP contribution in [0.4, 0.5) is 5.69 Å². The number of amidine groups is 1. The predicted octanol–water partition coefficient (Wildman–Crippen LogP) is 3.28. The number of sulfone groups is 1. The summed E-state index contributed by atoms with van der Waals surface area (Å²) in [6.45, 7) is 0. The lowest BCUT2D eigenvalue weighted by Gasteiger charge is -2.26. The summed E-state index contributed by atoms with van der Waals surface area (Å²) in [4.78, 5) is 18.9. The fourth-order valence-electron chi connectivity index (χ4n) is 4.62. The average molecular weight is 453 g/mol. The van der Waals surface area contributed by atoms with E-state index in [0.717, 1.165) is 6.42 Å². The van der Waals surface area contributed by atoms with Crippen LogP contribution in [0.1, 0.15) is 38.5 Å². The number of amides is 1. The molecule has 0 aromatic heterocycles. The Morgan fingerprint density at radius 3 is 2.67 bits per heavy atom. The molecule has 2 saturated heterocycles. The van der Waals surface area contributed by atoms with Crippen molar-refractivity contribution in [1.82, 2.24) is 0 Å². The van der Waals surface area contributed by atoms with Crippen molar-refractivity contribution in [2.45, 2.75) is 49.8 Å². The summed E-state index contributed by atoms with van der Waals surface area (Å²) in [5, 5.41) is 0.433. The number of rotatable bonds is 6. The Labute approximate surface area is 182 Å². The van der Waals surface area contributed by atoms with Crippen molar-refractivity contribution in [2.24, 2.45) is 10.9 Å². The van der Waals surface area contributed by atoms with Crippen LogP contribution in [0.15, 0.2) is 23.2 Å². The van der Waals surface area contributed by atoms with Crippen LogP contribution >= 0.6 is 11.8 Å². The number of fused-ring (bicyclic) bond motifs is 1. The van der Waals surface area contributed by atoms with Crippen molar-refractivity contribution >= 4 is 38.4 Å². The van der Waals surface area contributed by atoms with E-state index < -0.39 is 9.84 Å². The molecule has 30 heavy (non-hydrogen) atoms. The van der Waals surface area contributed by atoms with Crippen molar-refractivity contribution < 1.29 is 22.7 Å². The number of anilines is 1. The zero-order valence-corrected chi connectivity index (χ0v) is 19.0. The van der Waals surface area contributed by atoms with Gasteiger partial charge in [0.15, 0.2) is 15.0 Å². The minimum Gasteiger partial charge on any atom is -0.497 e. The fourth-order valence-corrected chi connectivity index (χ4v) is 8.54. The number of aliphatic imine (C=N–C) groups is 1. The number of carbonyl (C=O) groups excluding carboxylic acids is 1. The topological polar surface area (TPSA) is 85.3 Å². The summed E-state index contributed by atoms with van der Waals surface area (Å²) in [6, 6.07) is 5.14. The molecule has 1 aliphatic carbocycles. The number of nitrogens with zero attached hydrogens (tertiary/aromatic N) is 2. The molecule has 0 bridgehead atoms. The number of thioether (sulfide) groups is 1. The highest BCUT2D eigenvalue weighted by atomic mass is 32.2. The first-order valence-corrected chi connectivity index (χ1v) is 13.1. The van der Waals surface area contributed by atoms with E-state index in [1.807, 2.05) is 11.0 Å². The van der Waals surface area contributed by atoms with Gasteiger partial charge in [0.25, 0.3) is 0 Å². The largest absolute Gasteiger partial charge is 0.497 e. The Hall–Kier alpha value is -1.74. The maximum absolute atomic E-state index is 12.6. The molecule has 9 heteroatoms. The first-order chi connectivity index (χ1) is 14.4. The molecular formula is C21H28N2O5S2. The Kier molecular flexibility index (Phi) is 6.29. The number of ether oxygens (including phenoxy) is 2. The van der Waals surface area contributed by atoms with Gasteiger partial charge in [-0.15, -0.1) is 0 Å². The summed E-state index contributed by atoms with van der Waals surface area (Å²) in [6.07, 6.45) is 6.24. The zero-order chi connectivity index (χ0) is 21.3. The van der Waals surface area contributed by atoms with Crippen molar-refractivity contribution in [3.05, 3.63) is 18.2 Å². The second-order valence-corrected chi connectivity index (χ2v) is 11.5. The second-order valence-electron chi connectivity index (χ2n) is 8.19. The molecule has 164 valence electrons. The minimum atomic E-state index is -3.12. The molecule has 1 aromatic rings. The van der Waals surface area contributed by atoms with E-state index in [2.05, 4.69) is 4.99 Å². The third-order valence-corrected chi connectivity index (χ3v) is 9.38. The van der Waals surface area contributed by atoms with Crippen LogP contribution in [-0.2, 0) is 14.6 Å². The Balaban J connectivity index is 1.62.